The van der Waals surface area contributed by atoms with Crippen LogP contribution in [0.4, 0.5) is 5.69 Å². The third kappa shape index (κ3) is 1.73. The Morgan fingerprint density at radius 1 is 1.28 bits per heavy atom. The lowest BCUT2D eigenvalue weighted by Crippen LogP contribution is -2.43. The molecule has 0 aliphatic carbocycles. The van der Waals surface area contributed by atoms with Gasteiger partial charge in [-0.2, -0.15) is 0 Å². The minimum atomic E-state index is -0.880. The number of piperazine rings is 1. The summed E-state index contributed by atoms with van der Waals surface area (Å²) in [7, 11) is 0. The van der Waals surface area contributed by atoms with Crippen LogP contribution < -0.4 is 10.2 Å². The number of carbonyl (C=O) groups is 1. The lowest BCUT2D eigenvalue weighted by atomic mass is 10.2. The zero-order chi connectivity index (χ0) is 12.5. The first-order chi connectivity index (χ1) is 8.77. The highest BCUT2D eigenvalue weighted by molar-refractivity contribution is 5.95. The van der Waals surface area contributed by atoms with Crippen molar-refractivity contribution in [2.75, 3.05) is 31.1 Å². The number of anilines is 1. The van der Waals surface area contributed by atoms with Gasteiger partial charge in [0.25, 0.3) is 0 Å². The molecule has 2 aromatic rings. The molecule has 18 heavy (non-hydrogen) atoms. The number of rotatable bonds is 2. The van der Waals surface area contributed by atoms with Crippen molar-refractivity contribution in [3.63, 3.8) is 0 Å². The molecule has 2 aromatic heterocycles. The van der Waals surface area contributed by atoms with E-state index < -0.39 is 5.97 Å². The minimum Gasteiger partial charge on any atom is -0.476 e. The fraction of sp³-hybridized carbons (Fsp3) is 0.308. The van der Waals surface area contributed by atoms with Crippen molar-refractivity contribution in [3.05, 3.63) is 36.2 Å². The monoisotopic (exact) mass is 245 g/mol. The maximum atomic E-state index is 11.5. The van der Waals surface area contributed by atoms with Gasteiger partial charge in [-0.3, -0.25) is 0 Å². The van der Waals surface area contributed by atoms with E-state index in [1.54, 1.807) is 10.6 Å². The van der Waals surface area contributed by atoms with Gasteiger partial charge in [0.05, 0.1) is 5.69 Å². The summed E-state index contributed by atoms with van der Waals surface area (Å²) < 4.78 is 1.74. The summed E-state index contributed by atoms with van der Waals surface area (Å²) in [4.78, 5) is 13.6. The normalized spacial score (nSPS) is 16.1. The van der Waals surface area contributed by atoms with Crippen LogP contribution in [0.3, 0.4) is 0 Å². The van der Waals surface area contributed by atoms with E-state index in [-0.39, 0.29) is 0 Å². The van der Waals surface area contributed by atoms with Crippen molar-refractivity contribution >= 4 is 17.2 Å². The van der Waals surface area contributed by atoms with Crippen LogP contribution in [0.1, 0.15) is 10.5 Å². The molecular formula is C13H15N3O2. The first-order valence-corrected chi connectivity index (χ1v) is 6.06. The molecule has 0 bridgehead atoms. The Morgan fingerprint density at radius 2 is 2.06 bits per heavy atom. The second-order valence-corrected chi connectivity index (χ2v) is 4.42. The topological polar surface area (TPSA) is 57.0 Å². The standard InChI is InChI=1S/C13H15N3O2/c17-13(18)12-11(15-7-4-14-5-8-15)9-10-3-1-2-6-16(10)12/h1-3,6,9,14H,4-5,7-8H2,(H,17,18). The molecule has 0 spiro atoms. The molecule has 3 rings (SSSR count). The van der Waals surface area contributed by atoms with E-state index in [1.165, 1.54) is 0 Å². The van der Waals surface area contributed by atoms with Crippen LogP contribution in [0, 0.1) is 0 Å². The van der Waals surface area contributed by atoms with Gasteiger partial charge in [-0.05, 0) is 18.2 Å². The predicted molar refractivity (Wildman–Crippen MR) is 69.4 cm³/mol. The quantitative estimate of drug-likeness (QED) is 0.830. The summed E-state index contributed by atoms with van der Waals surface area (Å²) in [5.74, 6) is -0.880. The number of aromatic nitrogens is 1. The maximum Gasteiger partial charge on any atom is 0.355 e. The molecule has 0 saturated carbocycles. The molecule has 0 aromatic carbocycles. The van der Waals surface area contributed by atoms with Gasteiger partial charge in [0, 0.05) is 37.9 Å². The summed E-state index contributed by atoms with van der Waals surface area (Å²) in [5, 5.41) is 12.7. The number of nitrogens with zero attached hydrogens (tertiary/aromatic N) is 2. The number of aromatic carboxylic acids is 1. The Morgan fingerprint density at radius 3 is 2.78 bits per heavy atom. The molecule has 0 unspecified atom stereocenters. The highest BCUT2D eigenvalue weighted by Gasteiger charge is 2.22. The Bertz CT molecular complexity index is 585. The van der Waals surface area contributed by atoms with Crippen molar-refractivity contribution in [2.24, 2.45) is 0 Å². The van der Waals surface area contributed by atoms with Crippen LogP contribution in [0.2, 0.25) is 0 Å². The third-order valence-electron chi connectivity index (χ3n) is 3.32. The molecule has 0 radical (unpaired) electrons. The Balaban J connectivity index is 2.14. The van der Waals surface area contributed by atoms with E-state index in [0.29, 0.717) is 5.69 Å². The summed E-state index contributed by atoms with van der Waals surface area (Å²) in [6, 6.07) is 7.65. The molecule has 3 heterocycles. The maximum absolute atomic E-state index is 11.5. The highest BCUT2D eigenvalue weighted by atomic mass is 16.4. The van der Waals surface area contributed by atoms with Crippen LogP contribution in [-0.4, -0.2) is 41.7 Å². The SMILES string of the molecule is O=C(O)c1c(N2CCNCC2)cc2ccccn12. The summed E-state index contributed by atoms with van der Waals surface area (Å²) in [5.41, 5.74) is 2.09. The van der Waals surface area contributed by atoms with E-state index in [2.05, 4.69) is 10.2 Å². The number of fused-ring (bicyclic) bond motifs is 1. The Labute approximate surface area is 105 Å². The van der Waals surface area contributed by atoms with Crippen LogP contribution >= 0.6 is 0 Å². The minimum absolute atomic E-state index is 0.354. The van der Waals surface area contributed by atoms with Crippen LogP contribution in [0.5, 0.6) is 0 Å². The smallest absolute Gasteiger partial charge is 0.355 e. The third-order valence-corrected chi connectivity index (χ3v) is 3.32. The fourth-order valence-corrected chi connectivity index (χ4v) is 2.47. The van der Waals surface area contributed by atoms with Gasteiger partial charge in [-0.1, -0.05) is 6.07 Å². The molecule has 2 N–H and O–H groups in total. The summed E-state index contributed by atoms with van der Waals surface area (Å²) >= 11 is 0. The molecule has 5 heteroatoms. The average molecular weight is 245 g/mol. The second-order valence-electron chi connectivity index (χ2n) is 4.42. The van der Waals surface area contributed by atoms with Crippen molar-refractivity contribution in [1.29, 1.82) is 0 Å². The van der Waals surface area contributed by atoms with Gasteiger partial charge in [0.2, 0.25) is 0 Å². The number of carboxylic acids is 1. The van der Waals surface area contributed by atoms with Crippen LogP contribution in [0.25, 0.3) is 5.52 Å². The van der Waals surface area contributed by atoms with Crippen molar-refractivity contribution in [1.82, 2.24) is 9.72 Å². The number of carboxylic acid groups (broad SMARTS) is 1. The lowest BCUT2D eigenvalue weighted by molar-refractivity contribution is 0.0690. The predicted octanol–water partition coefficient (Wildman–Crippen LogP) is 1.05. The van der Waals surface area contributed by atoms with Crippen LogP contribution in [0.15, 0.2) is 30.5 Å². The molecular weight excluding hydrogens is 230 g/mol. The highest BCUT2D eigenvalue weighted by Crippen LogP contribution is 2.26. The second kappa shape index (κ2) is 4.34. The van der Waals surface area contributed by atoms with Gasteiger partial charge in [-0.15, -0.1) is 0 Å². The van der Waals surface area contributed by atoms with E-state index in [9.17, 15) is 9.90 Å². The summed E-state index contributed by atoms with van der Waals surface area (Å²) in [6.07, 6.45) is 1.80. The van der Waals surface area contributed by atoms with Crippen molar-refractivity contribution < 1.29 is 9.90 Å². The molecule has 1 aliphatic rings. The molecule has 0 atom stereocenters. The fourth-order valence-electron chi connectivity index (χ4n) is 2.47. The Hall–Kier alpha value is -2.01. The van der Waals surface area contributed by atoms with E-state index in [4.69, 9.17) is 0 Å². The zero-order valence-corrected chi connectivity index (χ0v) is 9.97. The van der Waals surface area contributed by atoms with Crippen molar-refractivity contribution in [3.8, 4) is 0 Å². The first-order valence-electron chi connectivity index (χ1n) is 6.06. The van der Waals surface area contributed by atoms with Gasteiger partial charge >= 0.3 is 5.97 Å². The number of nitrogens with one attached hydrogen (secondary N) is 1. The van der Waals surface area contributed by atoms with E-state index >= 15 is 0 Å². The number of hydrogen-bond acceptors (Lipinski definition) is 3. The van der Waals surface area contributed by atoms with Crippen molar-refractivity contribution in [2.45, 2.75) is 0 Å². The van der Waals surface area contributed by atoms with E-state index in [0.717, 1.165) is 37.4 Å². The first kappa shape index (κ1) is 11.1. The number of hydrogen-bond donors (Lipinski definition) is 2. The van der Waals surface area contributed by atoms with Gasteiger partial charge < -0.3 is 19.7 Å². The van der Waals surface area contributed by atoms with Crippen LogP contribution in [-0.2, 0) is 0 Å². The zero-order valence-electron chi connectivity index (χ0n) is 9.97. The summed E-state index contributed by atoms with van der Waals surface area (Å²) in [6.45, 7) is 3.48. The van der Waals surface area contributed by atoms with Gasteiger partial charge in [0.15, 0.2) is 5.69 Å². The van der Waals surface area contributed by atoms with E-state index in [1.807, 2.05) is 24.3 Å². The average Bonchev–Trinajstić information content (AvgIpc) is 2.79. The lowest BCUT2D eigenvalue weighted by Gasteiger charge is -2.29. The Kier molecular flexibility index (Phi) is 2.68. The molecule has 94 valence electrons. The van der Waals surface area contributed by atoms with Gasteiger partial charge in [-0.25, -0.2) is 4.79 Å². The molecule has 1 saturated heterocycles. The molecule has 1 aliphatic heterocycles. The molecule has 5 nitrogen and oxygen atoms in total. The largest absolute Gasteiger partial charge is 0.476 e. The van der Waals surface area contributed by atoms with Gasteiger partial charge in [0.1, 0.15) is 0 Å². The number of pyridine rings is 1. The molecule has 0 amide bonds. The molecule has 1 fully saturated rings.